The van der Waals surface area contributed by atoms with E-state index >= 15 is 0 Å². The zero-order valence-electron chi connectivity index (χ0n) is 17.6. The van der Waals surface area contributed by atoms with Crippen molar-refractivity contribution in [2.75, 3.05) is 32.1 Å². The smallest absolute Gasteiger partial charge is 0.325 e. The zero-order valence-corrected chi connectivity index (χ0v) is 17.6. The highest BCUT2D eigenvalue weighted by Gasteiger charge is 2.15. The van der Waals surface area contributed by atoms with Crippen molar-refractivity contribution >= 4 is 35.2 Å². The van der Waals surface area contributed by atoms with Gasteiger partial charge in [0.15, 0.2) is 0 Å². The van der Waals surface area contributed by atoms with Gasteiger partial charge in [-0.1, -0.05) is 12.1 Å². The van der Waals surface area contributed by atoms with Gasteiger partial charge in [-0.3, -0.25) is 10.1 Å². The van der Waals surface area contributed by atoms with Gasteiger partial charge >= 0.3 is 6.03 Å². The lowest BCUT2D eigenvalue weighted by atomic mass is 10.1. The molecule has 0 radical (unpaired) electrons. The van der Waals surface area contributed by atoms with Gasteiger partial charge in [-0.15, -0.1) is 0 Å². The third-order valence-electron chi connectivity index (χ3n) is 4.54. The molecule has 11 heteroatoms. The molecular weight excluding hydrogens is 412 g/mol. The van der Waals surface area contributed by atoms with E-state index in [1.54, 1.807) is 43.4 Å². The number of guanidine groups is 2. The summed E-state index contributed by atoms with van der Waals surface area (Å²) in [6, 6.07) is 13.2. The minimum atomic E-state index is -0.572. The Kier molecular flexibility index (Phi) is 7.73. The molecular formula is C21H26N8O3. The SMILES string of the molecule is CNC(=O)c1ccc(N=C(N)/N=C(/N)NC(=O)Nc2ccc(C3CNCCO3)cc2)cc1. The molecule has 1 saturated heterocycles. The fraction of sp³-hybridized carbons (Fsp3) is 0.238. The van der Waals surface area contributed by atoms with Crippen LogP contribution in [0.2, 0.25) is 0 Å². The summed E-state index contributed by atoms with van der Waals surface area (Å²) in [6.45, 7) is 2.26. The topological polar surface area (TPSA) is 168 Å². The first kappa shape index (κ1) is 22.7. The summed E-state index contributed by atoms with van der Waals surface area (Å²) in [5.41, 5.74) is 14.1. The first-order chi connectivity index (χ1) is 15.4. The summed E-state index contributed by atoms with van der Waals surface area (Å²) in [5, 5.41) is 10.8. The summed E-state index contributed by atoms with van der Waals surface area (Å²) in [4.78, 5) is 31.6. The Morgan fingerprint density at radius 3 is 2.44 bits per heavy atom. The molecule has 2 aromatic carbocycles. The Bertz CT molecular complexity index is 997. The minimum Gasteiger partial charge on any atom is -0.371 e. The van der Waals surface area contributed by atoms with Gasteiger partial charge in [-0.25, -0.2) is 9.79 Å². The highest BCUT2D eigenvalue weighted by Crippen LogP contribution is 2.20. The van der Waals surface area contributed by atoms with Crippen molar-refractivity contribution in [2.45, 2.75) is 6.10 Å². The third-order valence-corrected chi connectivity index (χ3v) is 4.54. The van der Waals surface area contributed by atoms with Gasteiger partial charge in [-0.05, 0) is 42.0 Å². The zero-order chi connectivity index (χ0) is 22.9. The molecule has 0 saturated carbocycles. The number of aliphatic imine (C=N–C) groups is 2. The number of ether oxygens (including phenoxy) is 1. The molecule has 0 aliphatic carbocycles. The number of nitrogens with zero attached hydrogens (tertiary/aromatic N) is 2. The number of hydrogen-bond acceptors (Lipinski definition) is 5. The number of carbonyl (C=O) groups is 2. The normalized spacial score (nSPS) is 16.8. The number of urea groups is 1. The molecule has 0 aromatic heterocycles. The van der Waals surface area contributed by atoms with E-state index < -0.39 is 6.03 Å². The van der Waals surface area contributed by atoms with Crippen molar-refractivity contribution in [3.05, 3.63) is 59.7 Å². The van der Waals surface area contributed by atoms with Crippen molar-refractivity contribution < 1.29 is 14.3 Å². The molecule has 32 heavy (non-hydrogen) atoms. The maximum atomic E-state index is 12.1. The summed E-state index contributed by atoms with van der Waals surface area (Å²) in [6.07, 6.45) is -0.00308. The number of nitrogens with one attached hydrogen (secondary N) is 4. The van der Waals surface area contributed by atoms with Crippen molar-refractivity contribution in [3.8, 4) is 0 Å². The van der Waals surface area contributed by atoms with Crippen LogP contribution in [0.5, 0.6) is 0 Å². The predicted molar refractivity (Wildman–Crippen MR) is 123 cm³/mol. The third kappa shape index (κ3) is 6.52. The Morgan fingerprint density at radius 2 is 1.81 bits per heavy atom. The quantitative estimate of drug-likeness (QED) is 0.305. The summed E-state index contributed by atoms with van der Waals surface area (Å²) in [7, 11) is 1.55. The Hall–Kier alpha value is -3.96. The second-order valence-corrected chi connectivity index (χ2v) is 6.86. The highest BCUT2D eigenvalue weighted by molar-refractivity contribution is 6.05. The minimum absolute atomic E-state index is 0.00308. The molecule has 168 valence electrons. The summed E-state index contributed by atoms with van der Waals surface area (Å²) < 4.78 is 5.70. The Balaban J connectivity index is 1.53. The first-order valence-corrected chi connectivity index (χ1v) is 9.95. The highest BCUT2D eigenvalue weighted by atomic mass is 16.5. The second-order valence-electron chi connectivity index (χ2n) is 6.86. The fourth-order valence-corrected chi connectivity index (χ4v) is 2.98. The van der Waals surface area contributed by atoms with E-state index in [2.05, 4.69) is 31.3 Å². The Labute approximate surface area is 185 Å². The molecule has 1 aliphatic rings. The van der Waals surface area contributed by atoms with Gasteiger partial charge in [0.2, 0.25) is 11.9 Å². The maximum absolute atomic E-state index is 12.1. The molecule has 3 amide bonds. The van der Waals surface area contributed by atoms with E-state index in [-0.39, 0.29) is 23.9 Å². The van der Waals surface area contributed by atoms with Crippen LogP contribution in [-0.2, 0) is 4.74 Å². The van der Waals surface area contributed by atoms with Crippen molar-refractivity contribution in [2.24, 2.45) is 21.5 Å². The number of nitrogens with two attached hydrogens (primary N) is 2. The molecule has 8 N–H and O–H groups in total. The number of amides is 3. The molecule has 1 aliphatic heterocycles. The number of rotatable bonds is 4. The summed E-state index contributed by atoms with van der Waals surface area (Å²) >= 11 is 0. The van der Waals surface area contributed by atoms with Gasteiger partial charge in [0, 0.05) is 31.4 Å². The number of carbonyl (C=O) groups excluding carboxylic acids is 2. The van der Waals surface area contributed by atoms with Crippen LogP contribution in [0.25, 0.3) is 0 Å². The van der Waals surface area contributed by atoms with Gasteiger partial charge in [0.05, 0.1) is 18.4 Å². The Morgan fingerprint density at radius 1 is 1.09 bits per heavy atom. The molecule has 11 nitrogen and oxygen atoms in total. The van der Waals surface area contributed by atoms with E-state index in [0.29, 0.717) is 23.5 Å². The number of benzene rings is 2. The number of anilines is 1. The van der Waals surface area contributed by atoms with E-state index in [0.717, 1.165) is 18.7 Å². The molecule has 1 unspecified atom stereocenters. The van der Waals surface area contributed by atoms with E-state index in [1.807, 2.05) is 12.1 Å². The lowest BCUT2D eigenvalue weighted by Crippen LogP contribution is -2.40. The van der Waals surface area contributed by atoms with Crippen LogP contribution in [0.1, 0.15) is 22.0 Å². The fourth-order valence-electron chi connectivity index (χ4n) is 2.98. The van der Waals surface area contributed by atoms with E-state index in [4.69, 9.17) is 16.2 Å². The van der Waals surface area contributed by atoms with Gasteiger partial charge in [0.1, 0.15) is 0 Å². The number of hydrogen-bond donors (Lipinski definition) is 6. The van der Waals surface area contributed by atoms with Crippen molar-refractivity contribution in [1.82, 2.24) is 16.0 Å². The van der Waals surface area contributed by atoms with Crippen LogP contribution in [-0.4, -0.2) is 50.6 Å². The first-order valence-electron chi connectivity index (χ1n) is 9.95. The van der Waals surface area contributed by atoms with Crippen LogP contribution >= 0.6 is 0 Å². The molecule has 2 aromatic rings. The predicted octanol–water partition coefficient (Wildman–Crippen LogP) is 0.790. The average molecular weight is 438 g/mol. The average Bonchev–Trinajstić information content (AvgIpc) is 2.79. The maximum Gasteiger partial charge on any atom is 0.325 e. The molecule has 1 atom stereocenters. The molecule has 3 rings (SSSR count). The van der Waals surface area contributed by atoms with Crippen LogP contribution < -0.4 is 32.7 Å². The van der Waals surface area contributed by atoms with E-state index in [9.17, 15) is 9.59 Å². The summed E-state index contributed by atoms with van der Waals surface area (Å²) in [5.74, 6) is -0.579. The van der Waals surface area contributed by atoms with Crippen LogP contribution in [0.4, 0.5) is 16.2 Å². The molecule has 0 spiro atoms. The van der Waals surface area contributed by atoms with Gasteiger partial charge in [-0.2, -0.15) is 4.99 Å². The largest absolute Gasteiger partial charge is 0.371 e. The monoisotopic (exact) mass is 438 g/mol. The number of morpholine rings is 1. The van der Waals surface area contributed by atoms with Crippen LogP contribution in [0.3, 0.4) is 0 Å². The van der Waals surface area contributed by atoms with Gasteiger partial charge in [0.25, 0.3) is 5.91 Å². The standard InChI is InChI=1S/C21H26N8O3/c1-24-18(30)14-4-8-15(9-5-14)26-19(22)28-20(23)29-21(31)27-16-6-2-13(3-7-16)17-12-25-10-11-32-17/h2-9,17,25H,10-12H2,1H3,(H,24,30)(H6,22,23,26,27,28,29,31). The lowest BCUT2D eigenvalue weighted by Gasteiger charge is -2.24. The van der Waals surface area contributed by atoms with E-state index in [1.165, 1.54) is 0 Å². The molecule has 1 heterocycles. The second kappa shape index (κ2) is 10.9. The van der Waals surface area contributed by atoms with Crippen molar-refractivity contribution in [3.63, 3.8) is 0 Å². The van der Waals surface area contributed by atoms with Crippen LogP contribution in [0.15, 0.2) is 58.5 Å². The van der Waals surface area contributed by atoms with Gasteiger partial charge < -0.3 is 32.2 Å². The molecule has 1 fully saturated rings. The molecule has 0 bridgehead atoms. The lowest BCUT2D eigenvalue weighted by molar-refractivity contribution is 0.0277. The van der Waals surface area contributed by atoms with Crippen molar-refractivity contribution in [1.29, 1.82) is 0 Å². The van der Waals surface area contributed by atoms with Crippen LogP contribution in [0, 0.1) is 0 Å².